The summed E-state index contributed by atoms with van der Waals surface area (Å²) in [6.45, 7) is 3.77. The third kappa shape index (κ3) is 3.88. The number of nitrogens with one attached hydrogen (secondary N) is 1. The molecule has 0 spiro atoms. The second-order valence-corrected chi connectivity index (χ2v) is 5.00. The highest BCUT2D eigenvalue weighted by Gasteiger charge is 2.14. The summed E-state index contributed by atoms with van der Waals surface area (Å²) in [4.78, 5) is 11.8. The largest absolute Gasteiger partial charge is 0.389 e. The number of anilines is 1. The predicted molar refractivity (Wildman–Crippen MR) is 69.8 cm³/mol. The minimum absolute atomic E-state index is 0.128. The summed E-state index contributed by atoms with van der Waals surface area (Å²) in [7, 11) is 0. The van der Waals surface area contributed by atoms with E-state index in [1.807, 2.05) is 0 Å². The second kappa shape index (κ2) is 5.34. The number of halogens is 1. The quantitative estimate of drug-likeness (QED) is 0.808. The first-order valence-electron chi connectivity index (χ1n) is 5.00. The molecule has 1 rings (SSSR count). The predicted octanol–water partition coefficient (Wildman–Crippen LogP) is 0.822. The van der Waals surface area contributed by atoms with E-state index in [2.05, 4.69) is 32.3 Å². The molecule has 0 aliphatic rings. The van der Waals surface area contributed by atoms with E-state index in [1.165, 1.54) is 10.9 Å². The van der Waals surface area contributed by atoms with Gasteiger partial charge in [-0.05, 0) is 29.8 Å². The zero-order valence-electron chi connectivity index (χ0n) is 9.70. The van der Waals surface area contributed by atoms with Crippen LogP contribution in [-0.2, 0) is 6.54 Å². The van der Waals surface area contributed by atoms with Crippen molar-refractivity contribution in [1.82, 2.24) is 9.78 Å². The Hall–Kier alpha value is -1.32. The van der Waals surface area contributed by atoms with E-state index in [1.54, 1.807) is 13.8 Å². The van der Waals surface area contributed by atoms with Crippen LogP contribution in [0.5, 0.6) is 0 Å². The normalized spacial score (nSPS) is 11.0. The minimum Gasteiger partial charge on any atom is -0.389 e. The lowest BCUT2D eigenvalue weighted by molar-refractivity contribution is 0.0945. The van der Waals surface area contributed by atoms with Gasteiger partial charge in [0.15, 0.2) is 0 Å². The van der Waals surface area contributed by atoms with E-state index >= 15 is 0 Å². The van der Waals surface area contributed by atoms with Gasteiger partial charge in [0, 0.05) is 6.54 Å². The van der Waals surface area contributed by atoms with Gasteiger partial charge in [-0.25, -0.2) is 4.68 Å². The van der Waals surface area contributed by atoms with Crippen LogP contribution < -0.4 is 10.9 Å². The van der Waals surface area contributed by atoms with Crippen LogP contribution in [-0.4, -0.2) is 27.0 Å². The lowest BCUT2D eigenvalue weighted by Crippen LogP contribution is -2.31. The molecule has 0 fully saturated rings. The molecular formula is C11H14BrN3O2. The van der Waals surface area contributed by atoms with Crippen molar-refractivity contribution in [3.8, 4) is 12.3 Å². The number of nitrogens with zero attached hydrogens (tertiary/aromatic N) is 2. The smallest absolute Gasteiger partial charge is 0.284 e. The maximum absolute atomic E-state index is 11.8. The Morgan fingerprint density at radius 2 is 2.35 bits per heavy atom. The number of terminal acetylenes is 1. The number of hydrogen-bond acceptors (Lipinski definition) is 4. The van der Waals surface area contributed by atoms with E-state index in [9.17, 15) is 9.90 Å². The van der Waals surface area contributed by atoms with Crippen molar-refractivity contribution in [3.05, 3.63) is 21.0 Å². The van der Waals surface area contributed by atoms with Gasteiger partial charge in [0.1, 0.15) is 11.0 Å². The summed E-state index contributed by atoms with van der Waals surface area (Å²) in [5.41, 5.74) is -0.637. The number of rotatable bonds is 4. The lowest BCUT2D eigenvalue weighted by atomic mass is 10.1. The third-order valence-electron chi connectivity index (χ3n) is 1.94. The Morgan fingerprint density at radius 3 is 2.88 bits per heavy atom. The summed E-state index contributed by atoms with van der Waals surface area (Å²) in [5, 5.41) is 16.4. The Labute approximate surface area is 108 Å². The second-order valence-electron chi connectivity index (χ2n) is 4.21. The molecule has 1 heterocycles. The molecule has 1 aromatic heterocycles. The fourth-order valence-corrected chi connectivity index (χ4v) is 1.55. The highest BCUT2D eigenvalue weighted by molar-refractivity contribution is 9.10. The van der Waals surface area contributed by atoms with Crippen LogP contribution >= 0.6 is 15.9 Å². The standard InChI is InChI=1S/C11H14BrN3O2/c1-4-5-15-10(16)9(12)8(6-14-15)13-7-11(2,3)17/h1,6,13,17H,5,7H2,2-3H3. The van der Waals surface area contributed by atoms with Crippen molar-refractivity contribution in [2.24, 2.45) is 0 Å². The molecule has 6 heteroatoms. The van der Waals surface area contributed by atoms with Crippen molar-refractivity contribution >= 4 is 21.6 Å². The molecule has 0 unspecified atom stereocenters. The van der Waals surface area contributed by atoms with Crippen molar-refractivity contribution in [2.45, 2.75) is 26.0 Å². The van der Waals surface area contributed by atoms with Gasteiger partial charge >= 0.3 is 0 Å². The van der Waals surface area contributed by atoms with Crippen molar-refractivity contribution in [1.29, 1.82) is 0 Å². The Bertz CT molecular complexity index is 497. The fourth-order valence-electron chi connectivity index (χ4n) is 1.10. The van der Waals surface area contributed by atoms with E-state index in [0.29, 0.717) is 16.7 Å². The van der Waals surface area contributed by atoms with Crippen LogP contribution in [0.3, 0.4) is 0 Å². The number of aliphatic hydroxyl groups is 1. The number of hydrogen-bond donors (Lipinski definition) is 2. The van der Waals surface area contributed by atoms with Gasteiger partial charge in [0.2, 0.25) is 0 Å². The van der Waals surface area contributed by atoms with Gasteiger partial charge in [-0.15, -0.1) is 6.42 Å². The zero-order chi connectivity index (χ0) is 13.1. The van der Waals surface area contributed by atoms with E-state index in [4.69, 9.17) is 6.42 Å². The van der Waals surface area contributed by atoms with Gasteiger partial charge in [0.25, 0.3) is 5.56 Å². The van der Waals surface area contributed by atoms with Crippen LogP contribution in [0, 0.1) is 12.3 Å². The van der Waals surface area contributed by atoms with Crippen molar-refractivity contribution in [3.63, 3.8) is 0 Å². The SMILES string of the molecule is C#CCn1ncc(NCC(C)(C)O)c(Br)c1=O. The van der Waals surface area contributed by atoms with Crippen LogP contribution in [0.25, 0.3) is 0 Å². The zero-order valence-corrected chi connectivity index (χ0v) is 11.3. The third-order valence-corrected chi connectivity index (χ3v) is 2.70. The summed E-state index contributed by atoms with van der Waals surface area (Å²) in [5.74, 6) is 2.35. The molecule has 0 amide bonds. The first kappa shape index (κ1) is 13.7. The van der Waals surface area contributed by atoms with Crippen molar-refractivity contribution < 1.29 is 5.11 Å². The Kier molecular flexibility index (Phi) is 4.32. The molecular weight excluding hydrogens is 286 g/mol. The Balaban J connectivity index is 2.94. The molecule has 0 radical (unpaired) electrons. The monoisotopic (exact) mass is 299 g/mol. The Morgan fingerprint density at radius 1 is 1.71 bits per heavy atom. The molecule has 0 aliphatic carbocycles. The van der Waals surface area contributed by atoms with Gasteiger partial charge in [-0.3, -0.25) is 4.79 Å². The maximum atomic E-state index is 11.8. The average Bonchev–Trinajstić information content (AvgIpc) is 2.23. The molecule has 5 nitrogen and oxygen atoms in total. The average molecular weight is 300 g/mol. The van der Waals surface area contributed by atoms with Gasteiger partial charge < -0.3 is 10.4 Å². The molecule has 92 valence electrons. The molecule has 17 heavy (non-hydrogen) atoms. The van der Waals surface area contributed by atoms with E-state index in [-0.39, 0.29) is 12.1 Å². The molecule has 1 aromatic rings. The molecule has 0 atom stereocenters. The topological polar surface area (TPSA) is 67.2 Å². The maximum Gasteiger partial charge on any atom is 0.284 e. The first-order chi connectivity index (χ1) is 7.85. The summed E-state index contributed by atoms with van der Waals surface area (Å²) >= 11 is 3.18. The molecule has 2 N–H and O–H groups in total. The van der Waals surface area contributed by atoms with Crippen LogP contribution in [0.2, 0.25) is 0 Å². The molecule has 0 saturated carbocycles. The molecule has 0 saturated heterocycles. The lowest BCUT2D eigenvalue weighted by Gasteiger charge is -2.19. The molecule has 0 aromatic carbocycles. The summed E-state index contributed by atoms with van der Waals surface area (Å²) in [6, 6.07) is 0. The van der Waals surface area contributed by atoms with E-state index in [0.717, 1.165) is 0 Å². The van der Waals surface area contributed by atoms with Gasteiger partial charge in [-0.2, -0.15) is 5.10 Å². The van der Waals surface area contributed by atoms with E-state index < -0.39 is 5.60 Å². The molecule has 0 bridgehead atoms. The van der Waals surface area contributed by atoms with Crippen LogP contribution in [0.4, 0.5) is 5.69 Å². The number of aromatic nitrogens is 2. The van der Waals surface area contributed by atoms with Crippen LogP contribution in [0.15, 0.2) is 15.5 Å². The van der Waals surface area contributed by atoms with Gasteiger partial charge in [0.05, 0.1) is 17.5 Å². The summed E-state index contributed by atoms with van der Waals surface area (Å²) < 4.78 is 1.53. The highest BCUT2D eigenvalue weighted by atomic mass is 79.9. The van der Waals surface area contributed by atoms with Gasteiger partial charge in [-0.1, -0.05) is 5.92 Å². The highest BCUT2D eigenvalue weighted by Crippen LogP contribution is 2.17. The minimum atomic E-state index is -0.868. The first-order valence-corrected chi connectivity index (χ1v) is 5.80. The van der Waals surface area contributed by atoms with Crippen molar-refractivity contribution in [2.75, 3.05) is 11.9 Å². The summed E-state index contributed by atoms with van der Waals surface area (Å²) in [6.07, 6.45) is 6.61. The van der Waals surface area contributed by atoms with Crippen LogP contribution in [0.1, 0.15) is 13.8 Å². The fraction of sp³-hybridized carbons (Fsp3) is 0.455. The molecule has 0 aliphatic heterocycles.